The number of alkyl halides is 2. The smallest absolute Gasteiger partial charge is 0.257 e. The Balaban J connectivity index is 1.51. The topological polar surface area (TPSA) is 58.2 Å². The SMILES string of the molecule is O=C(Nc1ccc(F)cc1)c1cc(NC(=O)[C@H]2[C@H](c3cc(Cl)c(Cl)c(Cl)c3)C2(Cl)Cl)ccc1Cl. The van der Waals surface area contributed by atoms with Crippen LogP contribution in [-0.4, -0.2) is 16.1 Å². The molecule has 4 nitrogen and oxygen atoms in total. The van der Waals surface area contributed by atoms with Crippen molar-refractivity contribution in [1.82, 2.24) is 0 Å². The van der Waals surface area contributed by atoms with Crippen molar-refractivity contribution in [3.8, 4) is 0 Å². The van der Waals surface area contributed by atoms with Gasteiger partial charge in [0.2, 0.25) is 5.91 Å². The molecule has 3 aromatic rings. The molecule has 0 unspecified atom stereocenters. The van der Waals surface area contributed by atoms with E-state index in [1.54, 1.807) is 12.1 Å². The van der Waals surface area contributed by atoms with Gasteiger partial charge in [0.1, 0.15) is 10.2 Å². The Bertz CT molecular complexity index is 1280. The van der Waals surface area contributed by atoms with Gasteiger partial charge in [-0.2, -0.15) is 0 Å². The number of amides is 2. The standard InChI is InChI=1S/C23H13Cl6FN2O2/c24-15-6-5-13(9-14(15)21(33)31-12-3-1-11(30)2-4-12)32-22(34)19-18(23(19,28)29)10-7-16(25)20(27)17(26)8-10/h1-9,18-19H,(H,31,33)(H,32,34)/t18-,19+/m0/s1. The molecule has 3 aromatic carbocycles. The van der Waals surface area contributed by atoms with Crippen LogP contribution in [0.2, 0.25) is 20.1 Å². The molecule has 2 N–H and O–H groups in total. The van der Waals surface area contributed by atoms with Crippen molar-refractivity contribution in [2.24, 2.45) is 5.92 Å². The lowest BCUT2D eigenvalue weighted by molar-refractivity contribution is -0.117. The van der Waals surface area contributed by atoms with Crippen molar-refractivity contribution in [1.29, 1.82) is 0 Å². The number of benzene rings is 3. The van der Waals surface area contributed by atoms with Gasteiger partial charge in [-0.05, 0) is 60.2 Å². The van der Waals surface area contributed by atoms with Crippen LogP contribution in [0.5, 0.6) is 0 Å². The maximum atomic E-state index is 13.1. The van der Waals surface area contributed by atoms with Crippen molar-refractivity contribution in [3.05, 3.63) is 91.6 Å². The number of carbonyl (C=O) groups excluding carboxylic acids is 2. The molecule has 1 aliphatic rings. The van der Waals surface area contributed by atoms with Crippen molar-refractivity contribution in [2.45, 2.75) is 10.3 Å². The van der Waals surface area contributed by atoms with Gasteiger partial charge in [0.25, 0.3) is 5.91 Å². The molecule has 34 heavy (non-hydrogen) atoms. The molecule has 0 bridgehead atoms. The summed E-state index contributed by atoms with van der Waals surface area (Å²) >= 11 is 37.2. The predicted octanol–water partition coefficient (Wildman–Crippen LogP) is 8.22. The Kier molecular flexibility index (Phi) is 7.26. The van der Waals surface area contributed by atoms with Crippen molar-refractivity contribution in [3.63, 3.8) is 0 Å². The highest BCUT2D eigenvalue weighted by atomic mass is 35.5. The zero-order chi connectivity index (χ0) is 24.8. The molecule has 0 aliphatic heterocycles. The summed E-state index contributed by atoms with van der Waals surface area (Å²) < 4.78 is 11.7. The number of nitrogens with one attached hydrogen (secondary N) is 2. The van der Waals surface area contributed by atoms with Crippen LogP contribution >= 0.6 is 69.6 Å². The van der Waals surface area contributed by atoms with Gasteiger partial charge in [-0.15, -0.1) is 23.2 Å². The zero-order valence-corrected chi connectivity index (χ0v) is 21.3. The Hall–Kier alpha value is -1.73. The van der Waals surface area contributed by atoms with Crippen LogP contribution in [0.15, 0.2) is 54.6 Å². The fourth-order valence-electron chi connectivity index (χ4n) is 3.55. The monoisotopic (exact) mass is 578 g/mol. The van der Waals surface area contributed by atoms with E-state index in [2.05, 4.69) is 10.6 Å². The number of hydrogen-bond donors (Lipinski definition) is 2. The third-order valence-corrected chi connectivity index (χ3v) is 7.75. The Morgan fingerprint density at radius 1 is 0.794 bits per heavy atom. The second kappa shape index (κ2) is 9.73. The highest BCUT2D eigenvalue weighted by Crippen LogP contribution is 2.65. The van der Waals surface area contributed by atoms with Crippen LogP contribution in [0.25, 0.3) is 0 Å². The van der Waals surface area contributed by atoms with Crippen LogP contribution in [0, 0.1) is 11.7 Å². The summed E-state index contributed by atoms with van der Waals surface area (Å²) in [6, 6.07) is 12.8. The van der Waals surface area contributed by atoms with E-state index in [0.29, 0.717) is 16.9 Å². The van der Waals surface area contributed by atoms with Crippen LogP contribution in [-0.2, 0) is 4.79 Å². The molecule has 1 saturated carbocycles. The largest absolute Gasteiger partial charge is 0.326 e. The summed E-state index contributed by atoms with van der Waals surface area (Å²) in [5.74, 6) is -2.82. The molecule has 0 saturated heterocycles. The number of rotatable bonds is 5. The first-order valence-corrected chi connectivity index (χ1v) is 12.0. The molecule has 11 heteroatoms. The van der Waals surface area contributed by atoms with E-state index in [1.807, 2.05) is 0 Å². The van der Waals surface area contributed by atoms with Gasteiger partial charge in [-0.3, -0.25) is 9.59 Å². The molecule has 1 fully saturated rings. The van der Waals surface area contributed by atoms with Crippen molar-refractivity contribution in [2.75, 3.05) is 10.6 Å². The lowest BCUT2D eigenvalue weighted by Crippen LogP contribution is -2.18. The minimum Gasteiger partial charge on any atom is -0.326 e. The van der Waals surface area contributed by atoms with E-state index in [4.69, 9.17) is 69.6 Å². The molecule has 0 aromatic heterocycles. The Labute approximate surface area is 224 Å². The van der Waals surface area contributed by atoms with E-state index < -0.39 is 33.8 Å². The minimum absolute atomic E-state index is 0.107. The number of anilines is 2. The molecule has 0 heterocycles. The van der Waals surface area contributed by atoms with Gasteiger partial charge in [0.15, 0.2) is 0 Å². The minimum atomic E-state index is -1.39. The van der Waals surface area contributed by atoms with Crippen LogP contribution < -0.4 is 10.6 Å². The van der Waals surface area contributed by atoms with Gasteiger partial charge in [-0.1, -0.05) is 46.4 Å². The molecule has 4 rings (SSSR count). The second-order valence-electron chi connectivity index (χ2n) is 7.57. The fraction of sp³-hybridized carbons (Fsp3) is 0.130. The van der Waals surface area contributed by atoms with E-state index >= 15 is 0 Å². The Morgan fingerprint density at radius 2 is 1.38 bits per heavy atom. The van der Waals surface area contributed by atoms with Gasteiger partial charge in [0, 0.05) is 17.3 Å². The van der Waals surface area contributed by atoms with Gasteiger partial charge < -0.3 is 10.6 Å². The van der Waals surface area contributed by atoms with Gasteiger partial charge in [-0.25, -0.2) is 4.39 Å². The zero-order valence-electron chi connectivity index (χ0n) is 16.8. The Morgan fingerprint density at radius 3 is 2.00 bits per heavy atom. The van der Waals surface area contributed by atoms with Crippen molar-refractivity contribution < 1.29 is 14.0 Å². The molecule has 0 spiro atoms. The molecule has 1 aliphatic carbocycles. The normalized spacial score (nSPS) is 18.3. The van der Waals surface area contributed by atoms with Crippen molar-refractivity contribution >= 4 is 92.8 Å². The highest BCUT2D eigenvalue weighted by Gasteiger charge is 2.67. The van der Waals surface area contributed by atoms with Crippen LogP contribution in [0.4, 0.5) is 15.8 Å². The molecule has 2 amide bonds. The number of halogens is 7. The quantitative estimate of drug-likeness (QED) is 0.236. The van der Waals surface area contributed by atoms with E-state index in [9.17, 15) is 14.0 Å². The third kappa shape index (κ3) is 5.11. The van der Waals surface area contributed by atoms with E-state index in [-0.39, 0.29) is 25.7 Å². The predicted molar refractivity (Wildman–Crippen MR) is 137 cm³/mol. The summed E-state index contributed by atoms with van der Waals surface area (Å²) in [4.78, 5) is 25.6. The summed E-state index contributed by atoms with van der Waals surface area (Å²) in [6.07, 6.45) is 0. The second-order valence-corrected chi connectivity index (χ2v) is 10.6. The molecule has 2 atom stereocenters. The average Bonchev–Trinajstić information content (AvgIpc) is 3.36. The van der Waals surface area contributed by atoms with Gasteiger partial charge >= 0.3 is 0 Å². The molecular weight excluding hydrogens is 568 g/mol. The molecule has 0 radical (unpaired) electrons. The maximum absolute atomic E-state index is 13.1. The van der Waals surface area contributed by atoms with E-state index in [1.165, 1.54) is 42.5 Å². The first kappa shape index (κ1) is 25.4. The number of hydrogen-bond acceptors (Lipinski definition) is 2. The van der Waals surface area contributed by atoms with Crippen LogP contribution in [0.1, 0.15) is 21.8 Å². The fourth-order valence-corrected chi connectivity index (χ4v) is 5.20. The third-order valence-electron chi connectivity index (χ3n) is 5.28. The highest BCUT2D eigenvalue weighted by molar-refractivity contribution is 6.54. The number of carbonyl (C=O) groups is 2. The summed E-state index contributed by atoms with van der Waals surface area (Å²) in [5.41, 5.74) is 1.36. The van der Waals surface area contributed by atoms with Gasteiger partial charge in [0.05, 0.1) is 31.6 Å². The lowest BCUT2D eigenvalue weighted by atomic mass is 10.1. The maximum Gasteiger partial charge on any atom is 0.257 e. The first-order valence-electron chi connectivity index (χ1n) is 9.68. The summed E-state index contributed by atoms with van der Waals surface area (Å²) in [7, 11) is 0. The lowest BCUT2D eigenvalue weighted by Gasteiger charge is -2.10. The van der Waals surface area contributed by atoms with Crippen LogP contribution in [0.3, 0.4) is 0 Å². The average molecular weight is 581 g/mol. The van der Waals surface area contributed by atoms with E-state index in [0.717, 1.165) is 0 Å². The molecular formula is C23H13Cl6FN2O2. The summed E-state index contributed by atoms with van der Waals surface area (Å²) in [5, 5.41) is 6.11. The first-order chi connectivity index (χ1) is 16.0. The summed E-state index contributed by atoms with van der Waals surface area (Å²) in [6.45, 7) is 0. The molecule has 176 valence electrons.